The Labute approximate surface area is 140 Å². The second-order valence-corrected chi connectivity index (χ2v) is 6.31. The van der Waals surface area contributed by atoms with E-state index in [1.165, 1.54) is 12.1 Å². The van der Waals surface area contributed by atoms with Crippen molar-refractivity contribution < 1.29 is 8.91 Å². The first-order valence-electron chi connectivity index (χ1n) is 7.73. The summed E-state index contributed by atoms with van der Waals surface area (Å²) in [5.74, 6) is 1.03. The average molecular weight is 339 g/mol. The second kappa shape index (κ2) is 6.95. The number of aromatic nitrogens is 2. The van der Waals surface area contributed by atoms with E-state index in [2.05, 4.69) is 26.9 Å². The van der Waals surface area contributed by atoms with E-state index in [9.17, 15) is 4.39 Å². The molecule has 1 saturated heterocycles. The van der Waals surface area contributed by atoms with Gasteiger partial charge in [-0.25, -0.2) is 4.39 Å². The summed E-state index contributed by atoms with van der Waals surface area (Å²) in [5, 5.41) is 4.34. The number of nitrogens with zero attached hydrogens (tertiary/aromatic N) is 4. The first-order chi connectivity index (χ1) is 11.0. The molecular weight excluding hydrogens is 319 g/mol. The minimum absolute atomic E-state index is 0.118. The van der Waals surface area contributed by atoms with Gasteiger partial charge in [0.15, 0.2) is 5.82 Å². The Balaban J connectivity index is 1.56. The maximum atomic E-state index is 13.1. The summed E-state index contributed by atoms with van der Waals surface area (Å²) >= 11 is 6.11. The van der Waals surface area contributed by atoms with Gasteiger partial charge in [0.25, 0.3) is 0 Å². The lowest BCUT2D eigenvalue weighted by molar-refractivity contribution is 0.0845. The van der Waals surface area contributed by atoms with E-state index in [4.69, 9.17) is 16.1 Å². The molecule has 0 amide bonds. The highest BCUT2D eigenvalue weighted by Crippen LogP contribution is 2.23. The lowest BCUT2D eigenvalue weighted by Gasteiger charge is -2.36. The lowest BCUT2D eigenvalue weighted by atomic mass is 10.1. The molecule has 1 unspecified atom stereocenters. The minimum atomic E-state index is -0.299. The van der Waals surface area contributed by atoms with E-state index in [0.29, 0.717) is 16.7 Å². The van der Waals surface area contributed by atoms with Crippen molar-refractivity contribution in [2.75, 3.05) is 26.2 Å². The largest absolute Gasteiger partial charge is 0.338 e. The van der Waals surface area contributed by atoms with Crippen molar-refractivity contribution in [1.82, 2.24) is 19.9 Å². The average Bonchev–Trinajstić information content (AvgIpc) is 2.97. The fraction of sp³-hybridized carbons (Fsp3) is 0.500. The number of piperazine rings is 1. The molecule has 1 fully saturated rings. The Bertz CT molecular complexity index is 670. The Hall–Kier alpha value is -1.50. The van der Waals surface area contributed by atoms with Gasteiger partial charge in [0.1, 0.15) is 5.82 Å². The zero-order chi connectivity index (χ0) is 16.4. The molecule has 3 rings (SSSR count). The molecule has 1 aliphatic heterocycles. The summed E-state index contributed by atoms with van der Waals surface area (Å²) in [4.78, 5) is 8.96. The Kier molecular flexibility index (Phi) is 4.94. The van der Waals surface area contributed by atoms with Crippen molar-refractivity contribution in [1.29, 1.82) is 0 Å². The molecule has 0 spiro atoms. The molecule has 2 heterocycles. The molecule has 2 aromatic rings. The SMILES string of the molecule is Cc1noc(C(C)N2CCN(Cc3ccc(F)cc3Cl)CC2)n1. The summed E-state index contributed by atoms with van der Waals surface area (Å²) in [6.45, 7) is 8.32. The van der Waals surface area contributed by atoms with Crippen LogP contribution in [0, 0.1) is 12.7 Å². The molecule has 0 radical (unpaired) electrons. The molecule has 5 nitrogen and oxygen atoms in total. The first kappa shape index (κ1) is 16.4. The fourth-order valence-electron chi connectivity index (χ4n) is 2.84. The predicted molar refractivity (Wildman–Crippen MR) is 85.7 cm³/mol. The molecular formula is C16H20ClFN4O. The van der Waals surface area contributed by atoms with Crippen molar-refractivity contribution in [3.05, 3.63) is 46.3 Å². The van der Waals surface area contributed by atoms with E-state index < -0.39 is 0 Å². The van der Waals surface area contributed by atoms with Gasteiger partial charge in [0.05, 0.1) is 6.04 Å². The van der Waals surface area contributed by atoms with E-state index >= 15 is 0 Å². The molecule has 7 heteroatoms. The standard InChI is InChI=1S/C16H20ClFN4O/c1-11(16-19-12(2)20-23-16)22-7-5-21(6-8-22)10-13-3-4-14(18)9-15(13)17/h3-4,9,11H,5-8,10H2,1-2H3. The van der Waals surface area contributed by atoms with Gasteiger partial charge in [-0.3, -0.25) is 9.80 Å². The van der Waals surface area contributed by atoms with Crippen LogP contribution in [0.5, 0.6) is 0 Å². The van der Waals surface area contributed by atoms with Gasteiger partial charge in [-0.1, -0.05) is 22.8 Å². The number of rotatable bonds is 4. The Morgan fingerprint density at radius 2 is 2.04 bits per heavy atom. The molecule has 0 bridgehead atoms. The number of hydrogen-bond acceptors (Lipinski definition) is 5. The number of halogens is 2. The highest BCUT2D eigenvalue weighted by atomic mass is 35.5. The van der Waals surface area contributed by atoms with Crippen LogP contribution in [0.25, 0.3) is 0 Å². The topological polar surface area (TPSA) is 45.4 Å². The first-order valence-corrected chi connectivity index (χ1v) is 8.11. The Morgan fingerprint density at radius 1 is 1.30 bits per heavy atom. The van der Waals surface area contributed by atoms with Crippen LogP contribution in [0.15, 0.2) is 22.7 Å². The van der Waals surface area contributed by atoms with Gasteiger partial charge in [-0.05, 0) is 31.5 Å². The number of benzene rings is 1. The minimum Gasteiger partial charge on any atom is -0.338 e. The molecule has 23 heavy (non-hydrogen) atoms. The van der Waals surface area contributed by atoms with Gasteiger partial charge in [0, 0.05) is 37.7 Å². The zero-order valence-corrected chi connectivity index (χ0v) is 14.1. The summed E-state index contributed by atoms with van der Waals surface area (Å²) < 4.78 is 18.4. The van der Waals surface area contributed by atoms with Gasteiger partial charge in [0.2, 0.25) is 5.89 Å². The van der Waals surface area contributed by atoms with E-state index in [-0.39, 0.29) is 11.9 Å². The van der Waals surface area contributed by atoms with Crippen LogP contribution < -0.4 is 0 Å². The smallest absolute Gasteiger partial charge is 0.243 e. The van der Waals surface area contributed by atoms with Gasteiger partial charge in [-0.2, -0.15) is 4.98 Å². The highest BCUT2D eigenvalue weighted by Gasteiger charge is 2.25. The van der Waals surface area contributed by atoms with Crippen LogP contribution in [0.3, 0.4) is 0 Å². The maximum absolute atomic E-state index is 13.1. The van der Waals surface area contributed by atoms with Gasteiger partial charge >= 0.3 is 0 Å². The summed E-state index contributed by atoms with van der Waals surface area (Å²) in [6.07, 6.45) is 0. The Morgan fingerprint density at radius 3 is 2.65 bits per heavy atom. The predicted octanol–water partition coefficient (Wildman–Crippen LogP) is 3.05. The number of aryl methyl sites for hydroxylation is 1. The van der Waals surface area contributed by atoms with E-state index in [1.54, 1.807) is 6.07 Å². The highest BCUT2D eigenvalue weighted by molar-refractivity contribution is 6.31. The third kappa shape index (κ3) is 3.88. The summed E-state index contributed by atoms with van der Waals surface area (Å²) in [6, 6.07) is 4.70. The fourth-order valence-corrected chi connectivity index (χ4v) is 3.07. The van der Waals surface area contributed by atoms with Crippen molar-refractivity contribution >= 4 is 11.6 Å². The molecule has 1 aromatic carbocycles. The van der Waals surface area contributed by atoms with Crippen LogP contribution in [0.4, 0.5) is 4.39 Å². The molecule has 0 saturated carbocycles. The second-order valence-electron chi connectivity index (χ2n) is 5.90. The monoisotopic (exact) mass is 338 g/mol. The third-order valence-electron chi connectivity index (χ3n) is 4.26. The van der Waals surface area contributed by atoms with Gasteiger partial charge in [-0.15, -0.1) is 0 Å². The number of hydrogen-bond donors (Lipinski definition) is 0. The molecule has 0 aliphatic carbocycles. The van der Waals surface area contributed by atoms with Crippen LogP contribution in [-0.2, 0) is 6.54 Å². The van der Waals surface area contributed by atoms with Crippen molar-refractivity contribution in [3.63, 3.8) is 0 Å². The summed E-state index contributed by atoms with van der Waals surface area (Å²) in [7, 11) is 0. The van der Waals surface area contributed by atoms with E-state index in [0.717, 1.165) is 38.3 Å². The molecule has 0 N–H and O–H groups in total. The zero-order valence-electron chi connectivity index (χ0n) is 13.3. The maximum Gasteiger partial charge on any atom is 0.243 e. The van der Waals surface area contributed by atoms with Gasteiger partial charge < -0.3 is 4.52 Å². The van der Waals surface area contributed by atoms with Crippen molar-refractivity contribution in [2.45, 2.75) is 26.4 Å². The van der Waals surface area contributed by atoms with Crippen LogP contribution >= 0.6 is 11.6 Å². The molecule has 124 valence electrons. The molecule has 1 aliphatic rings. The third-order valence-corrected chi connectivity index (χ3v) is 4.62. The molecule has 1 aromatic heterocycles. The lowest BCUT2D eigenvalue weighted by Crippen LogP contribution is -2.46. The van der Waals surface area contributed by atoms with Crippen molar-refractivity contribution in [3.8, 4) is 0 Å². The van der Waals surface area contributed by atoms with E-state index in [1.807, 2.05) is 6.92 Å². The van der Waals surface area contributed by atoms with Crippen molar-refractivity contribution in [2.24, 2.45) is 0 Å². The summed E-state index contributed by atoms with van der Waals surface area (Å²) in [5.41, 5.74) is 0.960. The normalized spacial score (nSPS) is 18.3. The van der Waals surface area contributed by atoms with Crippen LogP contribution in [-0.4, -0.2) is 46.1 Å². The molecule has 1 atom stereocenters. The quantitative estimate of drug-likeness (QED) is 0.857. The van der Waals surface area contributed by atoms with Crippen LogP contribution in [0.2, 0.25) is 5.02 Å². The van der Waals surface area contributed by atoms with Crippen LogP contribution in [0.1, 0.15) is 30.2 Å².